The van der Waals surface area contributed by atoms with Crippen LogP contribution >= 0.6 is 0 Å². The maximum Gasteiger partial charge on any atom is 0.250 e. The van der Waals surface area contributed by atoms with Gasteiger partial charge < -0.3 is 9.80 Å². The minimum Gasteiger partial charge on any atom is -0.309 e. The molecule has 4 aromatic heterocycles. The van der Waals surface area contributed by atoms with E-state index in [4.69, 9.17) is 4.98 Å². The normalized spacial score (nSPS) is 16.2. The number of nitrogens with zero attached hydrogens (tertiary/aromatic N) is 9. The van der Waals surface area contributed by atoms with Gasteiger partial charge in [-0.3, -0.25) is 19.1 Å². The summed E-state index contributed by atoms with van der Waals surface area (Å²) in [6.45, 7) is 1.99. The lowest BCUT2D eigenvalue weighted by Gasteiger charge is -2.39. The average molecular weight is 404 g/mol. The Kier molecular flexibility index (Phi) is 4.09. The van der Waals surface area contributed by atoms with E-state index in [1.54, 1.807) is 52.2 Å². The molecule has 1 aliphatic rings. The summed E-state index contributed by atoms with van der Waals surface area (Å²) in [6, 6.07) is 1.45. The van der Waals surface area contributed by atoms with Crippen molar-refractivity contribution in [2.24, 2.45) is 7.05 Å². The first kappa shape index (κ1) is 18.0. The number of rotatable bonds is 4. The molecule has 1 N–H and O–H groups in total. The van der Waals surface area contributed by atoms with Gasteiger partial charge in [0, 0.05) is 38.9 Å². The Morgan fingerprint density at radius 3 is 2.73 bits per heavy atom. The van der Waals surface area contributed by atoms with Crippen LogP contribution in [-0.2, 0) is 11.8 Å². The average Bonchev–Trinajstić information content (AvgIpc) is 3.51. The highest BCUT2D eigenvalue weighted by Crippen LogP contribution is 2.39. The third-order valence-corrected chi connectivity index (χ3v) is 5.21. The van der Waals surface area contributed by atoms with Gasteiger partial charge in [-0.25, -0.2) is 9.97 Å². The van der Waals surface area contributed by atoms with Crippen molar-refractivity contribution in [3.63, 3.8) is 0 Å². The van der Waals surface area contributed by atoms with Crippen LogP contribution in [0.3, 0.4) is 0 Å². The summed E-state index contributed by atoms with van der Waals surface area (Å²) in [4.78, 5) is 30.3. The highest BCUT2D eigenvalue weighted by atomic mass is 16.2. The number of carbonyl (C=O) groups excluding carboxylic acids is 1. The second-order valence-electron chi connectivity index (χ2n) is 7.03. The smallest absolute Gasteiger partial charge is 0.250 e. The summed E-state index contributed by atoms with van der Waals surface area (Å²) in [5.74, 6) is 1.73. The fourth-order valence-corrected chi connectivity index (χ4v) is 3.72. The Morgan fingerprint density at radius 1 is 1.17 bits per heavy atom. The number of hydrogen-bond donors (Lipinski definition) is 1. The lowest BCUT2D eigenvalue weighted by atomic mass is 10.1. The summed E-state index contributed by atoms with van der Waals surface area (Å²) in [6.07, 6.45) is 11.0. The van der Waals surface area contributed by atoms with Crippen LogP contribution in [0.4, 0.5) is 17.2 Å². The third kappa shape index (κ3) is 2.66. The lowest BCUT2D eigenvalue weighted by Crippen LogP contribution is -2.50. The van der Waals surface area contributed by atoms with Crippen LogP contribution in [0.15, 0.2) is 43.2 Å². The van der Waals surface area contributed by atoms with E-state index < -0.39 is 0 Å². The van der Waals surface area contributed by atoms with E-state index in [0.717, 1.165) is 11.4 Å². The first-order chi connectivity index (χ1) is 14.6. The van der Waals surface area contributed by atoms with Crippen molar-refractivity contribution in [3.8, 4) is 17.5 Å². The molecule has 5 heterocycles. The van der Waals surface area contributed by atoms with E-state index in [2.05, 4.69) is 25.3 Å². The molecule has 0 saturated carbocycles. The quantitative estimate of drug-likeness (QED) is 0.550. The summed E-state index contributed by atoms with van der Waals surface area (Å²) in [5, 5.41) is 11.2. The molecule has 11 nitrogen and oxygen atoms in total. The Labute approximate surface area is 172 Å². The molecule has 1 aliphatic heterocycles. The summed E-state index contributed by atoms with van der Waals surface area (Å²) >= 11 is 0. The number of anilines is 3. The molecule has 0 saturated heterocycles. The highest BCUT2D eigenvalue weighted by molar-refractivity contribution is 6.06. The second-order valence-corrected chi connectivity index (χ2v) is 7.03. The van der Waals surface area contributed by atoms with E-state index >= 15 is 0 Å². The number of amides is 1. The van der Waals surface area contributed by atoms with Crippen molar-refractivity contribution in [2.75, 3.05) is 16.8 Å². The number of likely N-dealkylation sites (N-methyl/N-ethyl adjacent to an activating group) is 1. The first-order valence-electron chi connectivity index (χ1n) is 9.54. The van der Waals surface area contributed by atoms with Crippen LogP contribution in [0.25, 0.3) is 17.5 Å². The zero-order valence-electron chi connectivity index (χ0n) is 16.8. The minimum absolute atomic E-state index is 0.00835. The van der Waals surface area contributed by atoms with Crippen molar-refractivity contribution < 1.29 is 4.79 Å². The molecular weight excluding hydrogens is 384 g/mol. The van der Waals surface area contributed by atoms with Gasteiger partial charge in [-0.2, -0.15) is 15.2 Å². The van der Waals surface area contributed by atoms with E-state index in [-0.39, 0.29) is 11.9 Å². The number of H-pyrrole nitrogens is 1. The topological polar surface area (TPSA) is 114 Å². The number of aromatic amines is 1. The molecule has 5 rings (SSSR count). The van der Waals surface area contributed by atoms with Gasteiger partial charge in [0.25, 0.3) is 0 Å². The minimum atomic E-state index is -0.385. The Balaban J connectivity index is 1.68. The lowest BCUT2D eigenvalue weighted by molar-refractivity contribution is -0.119. The molecule has 1 atom stereocenters. The van der Waals surface area contributed by atoms with Gasteiger partial charge in [0.2, 0.25) is 11.9 Å². The number of aromatic nitrogens is 8. The fraction of sp³-hybridized carbons (Fsp3) is 0.263. The number of carbonyl (C=O) groups is 1. The van der Waals surface area contributed by atoms with Gasteiger partial charge in [-0.05, 0) is 12.5 Å². The number of aryl methyl sites for hydroxylation is 1. The second kappa shape index (κ2) is 6.79. The molecule has 1 unspecified atom stereocenters. The van der Waals surface area contributed by atoms with Crippen molar-refractivity contribution in [3.05, 3.63) is 43.2 Å². The summed E-state index contributed by atoms with van der Waals surface area (Å²) in [7, 11) is 3.59. The van der Waals surface area contributed by atoms with Gasteiger partial charge in [-0.1, -0.05) is 6.92 Å². The van der Waals surface area contributed by atoms with Gasteiger partial charge in [-0.15, -0.1) is 0 Å². The van der Waals surface area contributed by atoms with Crippen LogP contribution in [0, 0.1) is 0 Å². The molecule has 0 bridgehead atoms. The van der Waals surface area contributed by atoms with E-state index in [0.29, 0.717) is 29.7 Å². The van der Waals surface area contributed by atoms with Crippen molar-refractivity contribution >= 4 is 23.1 Å². The summed E-state index contributed by atoms with van der Waals surface area (Å²) < 4.78 is 3.49. The molecular formula is C19H20N10O. The maximum absolute atomic E-state index is 13.0. The number of imidazole rings is 1. The molecule has 0 radical (unpaired) electrons. The molecule has 1 amide bonds. The molecule has 0 fully saturated rings. The van der Waals surface area contributed by atoms with Crippen LogP contribution in [-0.4, -0.2) is 58.5 Å². The molecule has 4 aromatic rings. The molecule has 30 heavy (non-hydrogen) atoms. The standard InChI is InChI=1S/C19H20N10O/c1-4-14-18(30)27(3)15-10-21-19(24-17(15)29(14)12-9-23-26(2)11-12)28-8-7-20-16(28)13-5-6-22-25-13/h5-11,14H,4H2,1-3H3,(H,22,25). The monoisotopic (exact) mass is 404 g/mol. The van der Waals surface area contributed by atoms with Crippen LogP contribution in [0.5, 0.6) is 0 Å². The number of hydrogen-bond acceptors (Lipinski definition) is 7. The molecule has 152 valence electrons. The Morgan fingerprint density at radius 2 is 2.03 bits per heavy atom. The Bertz CT molecular complexity index is 1210. The summed E-state index contributed by atoms with van der Waals surface area (Å²) in [5.41, 5.74) is 2.20. The van der Waals surface area contributed by atoms with Crippen LogP contribution in [0.2, 0.25) is 0 Å². The van der Waals surface area contributed by atoms with E-state index in [1.807, 2.05) is 31.1 Å². The van der Waals surface area contributed by atoms with Crippen molar-refractivity contribution in [1.82, 2.24) is 39.5 Å². The van der Waals surface area contributed by atoms with Crippen LogP contribution < -0.4 is 9.80 Å². The van der Waals surface area contributed by atoms with E-state index in [9.17, 15) is 4.79 Å². The number of fused-ring (bicyclic) bond motifs is 1. The predicted octanol–water partition coefficient (Wildman–Crippen LogP) is 1.68. The molecule has 0 spiro atoms. The van der Waals surface area contributed by atoms with E-state index in [1.165, 1.54) is 0 Å². The zero-order chi connectivity index (χ0) is 20.8. The molecule has 0 aromatic carbocycles. The third-order valence-electron chi connectivity index (χ3n) is 5.21. The predicted molar refractivity (Wildman–Crippen MR) is 110 cm³/mol. The first-order valence-corrected chi connectivity index (χ1v) is 9.54. The van der Waals surface area contributed by atoms with Gasteiger partial charge in [0.05, 0.1) is 18.1 Å². The van der Waals surface area contributed by atoms with Crippen molar-refractivity contribution in [2.45, 2.75) is 19.4 Å². The largest absolute Gasteiger partial charge is 0.309 e. The zero-order valence-corrected chi connectivity index (χ0v) is 16.8. The highest BCUT2D eigenvalue weighted by Gasteiger charge is 2.38. The van der Waals surface area contributed by atoms with Crippen molar-refractivity contribution in [1.29, 1.82) is 0 Å². The van der Waals surface area contributed by atoms with Gasteiger partial charge >= 0.3 is 0 Å². The maximum atomic E-state index is 13.0. The SMILES string of the molecule is CCC1C(=O)N(C)c2cnc(-n3ccnc3-c3ccn[nH]3)nc2N1c1cnn(C)c1. The fourth-order valence-electron chi connectivity index (χ4n) is 3.72. The van der Waals surface area contributed by atoms with Crippen LogP contribution in [0.1, 0.15) is 13.3 Å². The number of nitrogens with one attached hydrogen (secondary N) is 1. The molecule has 0 aliphatic carbocycles. The van der Waals surface area contributed by atoms with Gasteiger partial charge in [0.1, 0.15) is 17.4 Å². The van der Waals surface area contributed by atoms with Gasteiger partial charge in [0.15, 0.2) is 11.6 Å². The Hall–Kier alpha value is -4.02. The molecule has 11 heteroatoms.